The highest BCUT2D eigenvalue weighted by atomic mass is 32.1. The van der Waals surface area contributed by atoms with Gasteiger partial charge in [-0.05, 0) is 87.6 Å². The van der Waals surface area contributed by atoms with E-state index in [0.717, 1.165) is 19.3 Å². The Balaban J connectivity index is 2.18. The third kappa shape index (κ3) is 4.68. The predicted molar refractivity (Wildman–Crippen MR) is 105 cm³/mol. The average molecular weight is 325 g/mol. The smallest absolute Gasteiger partial charge is 0.0345 e. The highest BCUT2D eigenvalue weighted by Crippen LogP contribution is 2.32. The SMILES string of the molecule is C=C(CCc1cc(C)c(C)cc1-c1cccs1)CC(C)=C(C)C. The molecule has 122 valence electrons. The number of thiophene rings is 1. The fraction of sp³-hybridized carbons (Fsp3) is 0.364. The van der Waals surface area contributed by atoms with Crippen molar-refractivity contribution >= 4 is 11.3 Å². The first-order valence-corrected chi connectivity index (χ1v) is 9.20. The molecule has 1 aromatic heterocycles. The molecule has 23 heavy (non-hydrogen) atoms. The number of hydrogen-bond acceptors (Lipinski definition) is 1. The third-order valence-corrected chi connectivity index (χ3v) is 5.53. The van der Waals surface area contributed by atoms with E-state index < -0.39 is 0 Å². The van der Waals surface area contributed by atoms with Gasteiger partial charge in [-0.15, -0.1) is 11.3 Å². The lowest BCUT2D eigenvalue weighted by atomic mass is 9.93. The van der Waals surface area contributed by atoms with Gasteiger partial charge in [-0.25, -0.2) is 0 Å². The predicted octanol–water partition coefficient (Wildman–Crippen LogP) is 7.27. The Hall–Kier alpha value is -1.60. The Kier molecular flexibility index (Phi) is 6.01. The molecule has 0 aliphatic heterocycles. The van der Waals surface area contributed by atoms with Crippen LogP contribution in [0.4, 0.5) is 0 Å². The van der Waals surface area contributed by atoms with Gasteiger partial charge in [0.1, 0.15) is 0 Å². The summed E-state index contributed by atoms with van der Waals surface area (Å²) in [5, 5.41) is 2.16. The van der Waals surface area contributed by atoms with E-state index >= 15 is 0 Å². The molecule has 0 amide bonds. The van der Waals surface area contributed by atoms with E-state index in [2.05, 4.69) is 70.8 Å². The lowest BCUT2D eigenvalue weighted by Crippen LogP contribution is -1.95. The molecule has 0 nitrogen and oxygen atoms in total. The maximum atomic E-state index is 4.29. The highest BCUT2D eigenvalue weighted by Gasteiger charge is 2.09. The van der Waals surface area contributed by atoms with Gasteiger partial charge in [-0.1, -0.05) is 41.5 Å². The minimum absolute atomic E-state index is 1.03. The third-order valence-electron chi connectivity index (χ3n) is 4.62. The van der Waals surface area contributed by atoms with Crippen molar-refractivity contribution in [3.8, 4) is 10.4 Å². The molecule has 0 aliphatic carbocycles. The first-order valence-electron chi connectivity index (χ1n) is 8.32. The maximum absolute atomic E-state index is 4.29. The van der Waals surface area contributed by atoms with Gasteiger partial charge in [-0.2, -0.15) is 0 Å². The number of aryl methyl sites for hydroxylation is 3. The molecule has 0 saturated heterocycles. The van der Waals surface area contributed by atoms with Gasteiger partial charge >= 0.3 is 0 Å². The second kappa shape index (κ2) is 7.79. The van der Waals surface area contributed by atoms with Crippen molar-refractivity contribution in [2.45, 2.75) is 53.9 Å². The van der Waals surface area contributed by atoms with E-state index in [1.165, 1.54) is 43.9 Å². The van der Waals surface area contributed by atoms with Crippen molar-refractivity contribution in [1.82, 2.24) is 0 Å². The van der Waals surface area contributed by atoms with Crippen molar-refractivity contribution in [3.63, 3.8) is 0 Å². The van der Waals surface area contributed by atoms with Gasteiger partial charge in [0, 0.05) is 4.88 Å². The first-order chi connectivity index (χ1) is 10.9. The second-order valence-corrected chi connectivity index (χ2v) is 7.73. The number of allylic oxidation sites excluding steroid dienone is 3. The van der Waals surface area contributed by atoms with Crippen LogP contribution in [-0.2, 0) is 6.42 Å². The van der Waals surface area contributed by atoms with Crippen LogP contribution < -0.4 is 0 Å². The van der Waals surface area contributed by atoms with Crippen LogP contribution in [0.3, 0.4) is 0 Å². The summed E-state index contributed by atoms with van der Waals surface area (Å²) in [5.74, 6) is 0. The van der Waals surface area contributed by atoms with Crippen LogP contribution in [0.2, 0.25) is 0 Å². The zero-order valence-corrected chi connectivity index (χ0v) is 15.9. The molecule has 0 N–H and O–H groups in total. The quantitative estimate of drug-likeness (QED) is 0.490. The highest BCUT2D eigenvalue weighted by molar-refractivity contribution is 7.13. The van der Waals surface area contributed by atoms with Crippen LogP contribution in [0.1, 0.15) is 50.3 Å². The van der Waals surface area contributed by atoms with Crippen LogP contribution in [0.5, 0.6) is 0 Å². The van der Waals surface area contributed by atoms with E-state index in [-0.39, 0.29) is 0 Å². The van der Waals surface area contributed by atoms with Crippen molar-refractivity contribution in [1.29, 1.82) is 0 Å². The van der Waals surface area contributed by atoms with Crippen LogP contribution in [0.15, 0.2) is 52.9 Å². The van der Waals surface area contributed by atoms with Gasteiger partial charge < -0.3 is 0 Å². The Labute approximate surface area is 145 Å². The molecule has 0 radical (unpaired) electrons. The van der Waals surface area contributed by atoms with Crippen LogP contribution in [0.25, 0.3) is 10.4 Å². The minimum atomic E-state index is 1.03. The van der Waals surface area contributed by atoms with Crippen molar-refractivity contribution in [2.24, 2.45) is 0 Å². The molecular weight excluding hydrogens is 296 g/mol. The van der Waals surface area contributed by atoms with E-state index in [9.17, 15) is 0 Å². The van der Waals surface area contributed by atoms with E-state index in [0.29, 0.717) is 0 Å². The molecule has 0 saturated carbocycles. The molecule has 0 aliphatic rings. The van der Waals surface area contributed by atoms with Gasteiger partial charge in [0.05, 0.1) is 0 Å². The summed E-state index contributed by atoms with van der Waals surface area (Å²) < 4.78 is 0. The first kappa shape index (κ1) is 17.7. The topological polar surface area (TPSA) is 0 Å². The number of rotatable bonds is 6. The van der Waals surface area contributed by atoms with Crippen molar-refractivity contribution in [3.05, 3.63) is 69.6 Å². The molecule has 0 atom stereocenters. The normalized spacial score (nSPS) is 10.7. The Morgan fingerprint density at radius 2 is 1.78 bits per heavy atom. The Morgan fingerprint density at radius 1 is 1.09 bits per heavy atom. The van der Waals surface area contributed by atoms with Crippen LogP contribution in [-0.4, -0.2) is 0 Å². The maximum Gasteiger partial charge on any atom is 0.0345 e. The van der Waals surface area contributed by atoms with E-state index in [1.807, 2.05) is 11.3 Å². The van der Waals surface area contributed by atoms with Gasteiger partial charge in [0.2, 0.25) is 0 Å². The lowest BCUT2D eigenvalue weighted by Gasteiger charge is -2.13. The molecule has 1 aromatic carbocycles. The fourth-order valence-corrected chi connectivity index (χ4v) is 3.47. The van der Waals surface area contributed by atoms with Gasteiger partial charge in [0.15, 0.2) is 0 Å². The molecule has 0 fully saturated rings. The Morgan fingerprint density at radius 3 is 2.39 bits per heavy atom. The zero-order valence-electron chi connectivity index (χ0n) is 15.1. The average Bonchev–Trinajstić information content (AvgIpc) is 3.02. The standard InChI is InChI=1S/C22H28S/c1-15(2)17(4)12-16(3)9-10-20-13-18(5)19(6)14-21(20)22-8-7-11-23-22/h7-8,11,13-14H,3,9-10,12H2,1-2,4-6H3. The number of hydrogen-bond donors (Lipinski definition) is 0. The van der Waals surface area contributed by atoms with Crippen LogP contribution >= 0.6 is 11.3 Å². The summed E-state index contributed by atoms with van der Waals surface area (Å²) in [6.07, 6.45) is 3.16. The summed E-state index contributed by atoms with van der Waals surface area (Å²) in [6, 6.07) is 9.07. The van der Waals surface area contributed by atoms with E-state index in [4.69, 9.17) is 0 Å². The molecular formula is C22H28S. The molecule has 2 rings (SSSR count). The molecule has 0 bridgehead atoms. The largest absolute Gasteiger partial charge is 0.144 e. The molecule has 2 aromatic rings. The molecule has 0 spiro atoms. The van der Waals surface area contributed by atoms with Crippen molar-refractivity contribution in [2.75, 3.05) is 0 Å². The Bertz CT molecular complexity index is 711. The number of benzene rings is 1. The minimum Gasteiger partial charge on any atom is -0.144 e. The summed E-state index contributed by atoms with van der Waals surface area (Å²) in [5.41, 5.74) is 9.80. The van der Waals surface area contributed by atoms with Gasteiger partial charge in [-0.3, -0.25) is 0 Å². The molecule has 0 unspecified atom stereocenters. The van der Waals surface area contributed by atoms with Gasteiger partial charge in [0.25, 0.3) is 0 Å². The van der Waals surface area contributed by atoms with Crippen LogP contribution in [0, 0.1) is 13.8 Å². The summed E-state index contributed by atoms with van der Waals surface area (Å²) in [7, 11) is 0. The van der Waals surface area contributed by atoms with Crippen molar-refractivity contribution < 1.29 is 0 Å². The monoisotopic (exact) mass is 324 g/mol. The summed E-state index contributed by atoms with van der Waals surface area (Å²) in [6.45, 7) is 15.3. The summed E-state index contributed by atoms with van der Waals surface area (Å²) >= 11 is 1.82. The molecule has 1 heterocycles. The zero-order chi connectivity index (χ0) is 17.0. The summed E-state index contributed by atoms with van der Waals surface area (Å²) in [4.78, 5) is 1.37. The lowest BCUT2D eigenvalue weighted by molar-refractivity contribution is 0.892. The fourth-order valence-electron chi connectivity index (χ4n) is 2.70. The second-order valence-electron chi connectivity index (χ2n) is 6.78. The van der Waals surface area contributed by atoms with E-state index in [1.54, 1.807) is 0 Å². The molecule has 1 heteroatoms.